The summed E-state index contributed by atoms with van der Waals surface area (Å²) in [6, 6.07) is 14.0. The van der Waals surface area contributed by atoms with Crippen molar-refractivity contribution in [3.8, 4) is 5.75 Å². The number of carbonyl (C=O) groups excluding carboxylic acids is 3. The van der Waals surface area contributed by atoms with E-state index in [1.54, 1.807) is 18.2 Å². The van der Waals surface area contributed by atoms with Crippen molar-refractivity contribution in [3.63, 3.8) is 0 Å². The van der Waals surface area contributed by atoms with Crippen molar-refractivity contribution in [2.45, 2.75) is 19.8 Å². The lowest BCUT2D eigenvalue weighted by Crippen LogP contribution is -2.30. The molecule has 0 unspecified atom stereocenters. The van der Waals surface area contributed by atoms with E-state index in [0.717, 1.165) is 0 Å². The number of hydrogen-bond acceptors (Lipinski definition) is 5. The number of amides is 2. The van der Waals surface area contributed by atoms with Crippen LogP contribution in [0.15, 0.2) is 48.5 Å². The molecule has 2 amide bonds. The van der Waals surface area contributed by atoms with Crippen LogP contribution < -0.4 is 15.4 Å². The van der Waals surface area contributed by atoms with Gasteiger partial charge in [0, 0.05) is 11.3 Å². The van der Waals surface area contributed by atoms with Crippen molar-refractivity contribution in [2.75, 3.05) is 25.6 Å². The van der Waals surface area contributed by atoms with Gasteiger partial charge >= 0.3 is 5.97 Å². The standard InChI is InChI=1S/C21H24N2O5/c1-14(2)15-7-9-18(10-8-15)28-13-19(24)23-17-6-4-5-16(11-17)21(26)22-12-20(25)27-3/h4-11,14H,12-13H2,1-3H3,(H,22,26)(H,23,24). The second kappa shape index (κ2) is 10.1. The highest BCUT2D eigenvalue weighted by Crippen LogP contribution is 2.18. The van der Waals surface area contributed by atoms with Gasteiger partial charge in [-0.05, 0) is 41.8 Å². The quantitative estimate of drug-likeness (QED) is 0.683. The Morgan fingerprint density at radius 1 is 1.04 bits per heavy atom. The molecule has 0 atom stereocenters. The van der Waals surface area contributed by atoms with Crippen LogP contribution in [0.5, 0.6) is 5.75 Å². The molecule has 0 radical (unpaired) electrons. The van der Waals surface area contributed by atoms with Crippen molar-refractivity contribution in [3.05, 3.63) is 59.7 Å². The minimum absolute atomic E-state index is 0.153. The summed E-state index contributed by atoms with van der Waals surface area (Å²) in [5.74, 6) is -0.302. The van der Waals surface area contributed by atoms with Crippen LogP contribution in [0, 0.1) is 0 Å². The average Bonchev–Trinajstić information content (AvgIpc) is 2.70. The second-order valence-corrected chi connectivity index (χ2v) is 6.40. The number of anilines is 1. The molecule has 0 aliphatic heterocycles. The zero-order valence-corrected chi connectivity index (χ0v) is 16.2. The Balaban J connectivity index is 1.88. The molecule has 0 spiro atoms. The van der Waals surface area contributed by atoms with E-state index in [1.807, 2.05) is 24.3 Å². The minimum atomic E-state index is -0.545. The SMILES string of the molecule is COC(=O)CNC(=O)c1cccc(NC(=O)COc2ccc(C(C)C)cc2)c1. The molecule has 7 heteroatoms. The maximum Gasteiger partial charge on any atom is 0.325 e. The number of hydrogen-bond donors (Lipinski definition) is 2. The average molecular weight is 384 g/mol. The lowest BCUT2D eigenvalue weighted by molar-refractivity contribution is -0.139. The van der Waals surface area contributed by atoms with Gasteiger partial charge in [0.25, 0.3) is 11.8 Å². The molecule has 0 saturated carbocycles. The molecule has 148 valence electrons. The highest BCUT2D eigenvalue weighted by Gasteiger charge is 2.10. The van der Waals surface area contributed by atoms with Crippen molar-refractivity contribution < 1.29 is 23.9 Å². The second-order valence-electron chi connectivity index (χ2n) is 6.40. The van der Waals surface area contributed by atoms with E-state index >= 15 is 0 Å². The van der Waals surface area contributed by atoms with Gasteiger partial charge < -0.3 is 20.1 Å². The van der Waals surface area contributed by atoms with Gasteiger partial charge in [0.2, 0.25) is 0 Å². The van der Waals surface area contributed by atoms with Crippen LogP contribution in [0.3, 0.4) is 0 Å². The number of rotatable bonds is 8. The van der Waals surface area contributed by atoms with Gasteiger partial charge in [-0.15, -0.1) is 0 Å². The van der Waals surface area contributed by atoms with Gasteiger partial charge in [-0.25, -0.2) is 0 Å². The molecule has 0 fully saturated rings. The van der Waals surface area contributed by atoms with Crippen LogP contribution in [0.2, 0.25) is 0 Å². The number of carbonyl (C=O) groups is 3. The van der Waals surface area contributed by atoms with Crippen LogP contribution in [0.1, 0.15) is 35.7 Å². The molecule has 0 saturated heterocycles. The van der Waals surface area contributed by atoms with Crippen LogP contribution >= 0.6 is 0 Å². The molecule has 0 aromatic heterocycles. The number of methoxy groups -OCH3 is 1. The summed E-state index contributed by atoms with van der Waals surface area (Å²) < 4.78 is 9.96. The van der Waals surface area contributed by atoms with Crippen LogP contribution in [0.25, 0.3) is 0 Å². The zero-order chi connectivity index (χ0) is 20.5. The first-order valence-electron chi connectivity index (χ1n) is 8.86. The van der Waals surface area contributed by atoms with E-state index in [0.29, 0.717) is 22.9 Å². The van der Waals surface area contributed by atoms with E-state index in [9.17, 15) is 14.4 Å². The summed E-state index contributed by atoms with van der Waals surface area (Å²) in [7, 11) is 1.24. The Hall–Kier alpha value is -3.35. The molecule has 2 rings (SSSR count). The third-order valence-electron chi connectivity index (χ3n) is 3.95. The highest BCUT2D eigenvalue weighted by molar-refractivity contribution is 5.98. The molecule has 7 nitrogen and oxygen atoms in total. The lowest BCUT2D eigenvalue weighted by atomic mass is 10.0. The van der Waals surface area contributed by atoms with E-state index in [-0.39, 0.29) is 19.1 Å². The van der Waals surface area contributed by atoms with Gasteiger partial charge in [-0.3, -0.25) is 14.4 Å². The zero-order valence-electron chi connectivity index (χ0n) is 16.2. The molecule has 2 aromatic carbocycles. The monoisotopic (exact) mass is 384 g/mol. The largest absolute Gasteiger partial charge is 0.484 e. The van der Waals surface area contributed by atoms with Crippen LogP contribution in [-0.2, 0) is 14.3 Å². The fourth-order valence-electron chi connectivity index (χ4n) is 2.36. The first-order valence-corrected chi connectivity index (χ1v) is 8.86. The van der Waals surface area contributed by atoms with E-state index in [2.05, 4.69) is 29.2 Å². The fourth-order valence-corrected chi connectivity index (χ4v) is 2.36. The summed E-state index contributed by atoms with van der Waals surface area (Å²) in [4.78, 5) is 35.2. The van der Waals surface area contributed by atoms with Gasteiger partial charge in [0.15, 0.2) is 6.61 Å². The van der Waals surface area contributed by atoms with E-state index < -0.39 is 11.9 Å². The first kappa shape index (κ1) is 21.0. The van der Waals surface area contributed by atoms with Gasteiger partial charge in [-0.2, -0.15) is 0 Å². The Bertz CT molecular complexity index is 831. The van der Waals surface area contributed by atoms with E-state index in [4.69, 9.17) is 4.74 Å². The fraction of sp³-hybridized carbons (Fsp3) is 0.286. The molecule has 2 N–H and O–H groups in total. The Morgan fingerprint density at radius 3 is 2.39 bits per heavy atom. The smallest absolute Gasteiger partial charge is 0.325 e. The molecule has 0 aliphatic carbocycles. The summed E-state index contributed by atoms with van der Waals surface area (Å²) in [6.07, 6.45) is 0. The molecule has 0 bridgehead atoms. The van der Waals surface area contributed by atoms with Gasteiger partial charge in [0.1, 0.15) is 12.3 Å². The molecule has 0 heterocycles. The summed E-state index contributed by atoms with van der Waals surface area (Å²) in [5, 5.41) is 5.12. The predicted molar refractivity (Wildman–Crippen MR) is 105 cm³/mol. The number of benzene rings is 2. The topological polar surface area (TPSA) is 93.7 Å². The Kier molecular flexibility index (Phi) is 7.56. The first-order chi connectivity index (χ1) is 13.4. The minimum Gasteiger partial charge on any atom is -0.484 e. The highest BCUT2D eigenvalue weighted by atomic mass is 16.5. The predicted octanol–water partition coefficient (Wildman–Crippen LogP) is 2.73. The summed E-state index contributed by atoms with van der Waals surface area (Å²) >= 11 is 0. The van der Waals surface area contributed by atoms with Crippen molar-refractivity contribution >= 4 is 23.5 Å². The van der Waals surface area contributed by atoms with Crippen molar-refractivity contribution in [1.29, 1.82) is 0 Å². The Labute approximate surface area is 164 Å². The van der Waals surface area contributed by atoms with E-state index in [1.165, 1.54) is 18.7 Å². The molecular weight excluding hydrogens is 360 g/mol. The van der Waals surface area contributed by atoms with Crippen LogP contribution in [-0.4, -0.2) is 38.0 Å². The maximum absolute atomic E-state index is 12.1. The normalized spacial score (nSPS) is 10.3. The van der Waals surface area contributed by atoms with Crippen molar-refractivity contribution in [1.82, 2.24) is 5.32 Å². The molecule has 2 aromatic rings. The number of ether oxygens (including phenoxy) is 2. The Morgan fingerprint density at radius 2 is 1.75 bits per heavy atom. The lowest BCUT2D eigenvalue weighted by Gasteiger charge is -2.10. The molecule has 0 aliphatic rings. The third-order valence-corrected chi connectivity index (χ3v) is 3.95. The van der Waals surface area contributed by atoms with Crippen LogP contribution in [0.4, 0.5) is 5.69 Å². The molecular formula is C21H24N2O5. The number of esters is 1. The number of nitrogens with one attached hydrogen (secondary N) is 2. The summed E-state index contributed by atoms with van der Waals surface area (Å²) in [5.41, 5.74) is 1.96. The van der Waals surface area contributed by atoms with Gasteiger partial charge in [0.05, 0.1) is 7.11 Å². The summed E-state index contributed by atoms with van der Waals surface area (Å²) in [6.45, 7) is 3.83. The molecule has 28 heavy (non-hydrogen) atoms. The maximum atomic E-state index is 12.1. The van der Waals surface area contributed by atoms with Crippen molar-refractivity contribution in [2.24, 2.45) is 0 Å². The van der Waals surface area contributed by atoms with Gasteiger partial charge in [-0.1, -0.05) is 32.0 Å². The third kappa shape index (κ3) is 6.42.